The number of alkyl halides is 3. The first kappa shape index (κ1) is 21.9. The topological polar surface area (TPSA) is 0 Å². The fraction of sp³-hybridized carbons (Fsp3) is 0.182. The van der Waals surface area contributed by atoms with Crippen molar-refractivity contribution >= 4 is 23.2 Å². The van der Waals surface area contributed by atoms with E-state index in [4.69, 9.17) is 0 Å². The van der Waals surface area contributed by atoms with Gasteiger partial charge in [0.15, 0.2) is 0 Å². The van der Waals surface area contributed by atoms with Gasteiger partial charge in [-0.1, -0.05) is 54.6 Å². The third-order valence-electron chi connectivity index (χ3n) is 4.54. The summed E-state index contributed by atoms with van der Waals surface area (Å²) in [5, 5.41) is 3.37. The predicted molar refractivity (Wildman–Crippen MR) is 105 cm³/mol. The Kier molecular flexibility index (Phi) is 7.87. The summed E-state index contributed by atoms with van der Waals surface area (Å²) in [5.41, 5.74) is 0. The highest BCUT2D eigenvalue weighted by atomic mass is 127. The molecule has 0 amide bonds. The standard InChI is InChI=1S/C22H21F3P.HI/c23-22(24,25)17-10-18-26(19-11-4-1-5-12-19,20-13-6-2-7-14-20)21-15-8-3-9-16-21;/h1-9,11-16H,10,17-18H2;1H/q+1;/p-1. The average molecular weight is 500 g/mol. The van der Waals surface area contributed by atoms with Gasteiger partial charge in [0.1, 0.15) is 23.2 Å². The first-order valence-electron chi connectivity index (χ1n) is 8.64. The molecule has 0 atom stereocenters. The molecular formula is C22H21F3IP. The molecular weight excluding hydrogens is 479 g/mol. The summed E-state index contributed by atoms with van der Waals surface area (Å²) in [7, 11) is -2.14. The zero-order valence-corrected chi connectivity index (χ0v) is 17.8. The van der Waals surface area contributed by atoms with E-state index in [1.807, 2.05) is 54.6 Å². The van der Waals surface area contributed by atoms with Gasteiger partial charge in [0.2, 0.25) is 0 Å². The largest absolute Gasteiger partial charge is 1.00 e. The molecule has 0 aliphatic rings. The molecule has 0 bridgehead atoms. The molecule has 0 aliphatic heterocycles. The van der Waals surface area contributed by atoms with Gasteiger partial charge in [-0.25, -0.2) is 0 Å². The fourth-order valence-electron chi connectivity index (χ4n) is 3.40. The van der Waals surface area contributed by atoms with Crippen molar-refractivity contribution in [3.05, 3.63) is 91.0 Å². The molecule has 0 radical (unpaired) electrons. The Bertz CT molecular complexity index is 709. The molecule has 0 unspecified atom stereocenters. The van der Waals surface area contributed by atoms with Gasteiger partial charge in [-0.15, -0.1) is 0 Å². The van der Waals surface area contributed by atoms with Crippen LogP contribution in [-0.2, 0) is 0 Å². The van der Waals surface area contributed by atoms with Gasteiger partial charge < -0.3 is 24.0 Å². The van der Waals surface area contributed by atoms with Gasteiger partial charge in [-0.05, 0) is 42.8 Å². The van der Waals surface area contributed by atoms with E-state index in [0.29, 0.717) is 6.16 Å². The number of benzene rings is 3. The molecule has 0 saturated carbocycles. The quantitative estimate of drug-likeness (QED) is 0.360. The summed E-state index contributed by atoms with van der Waals surface area (Å²) < 4.78 is 38.6. The molecule has 0 N–H and O–H groups in total. The van der Waals surface area contributed by atoms with Crippen LogP contribution in [0.15, 0.2) is 91.0 Å². The average Bonchev–Trinajstić information content (AvgIpc) is 2.67. The van der Waals surface area contributed by atoms with Gasteiger partial charge in [0, 0.05) is 6.42 Å². The fourth-order valence-corrected chi connectivity index (χ4v) is 7.74. The summed E-state index contributed by atoms with van der Waals surface area (Å²) in [6, 6.07) is 30.0. The SMILES string of the molecule is FC(F)(F)CCC[P+](c1ccccc1)(c1ccccc1)c1ccccc1.[I-]. The van der Waals surface area contributed by atoms with Crippen LogP contribution >= 0.6 is 7.26 Å². The van der Waals surface area contributed by atoms with E-state index in [9.17, 15) is 13.2 Å². The summed E-state index contributed by atoms with van der Waals surface area (Å²) in [6.45, 7) is 0. The number of hydrogen-bond donors (Lipinski definition) is 0. The van der Waals surface area contributed by atoms with Crippen LogP contribution in [0.4, 0.5) is 13.2 Å². The Morgan fingerprint density at radius 1 is 0.593 bits per heavy atom. The van der Waals surface area contributed by atoms with Crippen LogP contribution in [0.2, 0.25) is 0 Å². The van der Waals surface area contributed by atoms with E-state index in [2.05, 4.69) is 36.4 Å². The van der Waals surface area contributed by atoms with Gasteiger partial charge >= 0.3 is 6.18 Å². The van der Waals surface area contributed by atoms with Gasteiger partial charge in [0.05, 0.1) is 6.16 Å². The van der Waals surface area contributed by atoms with E-state index < -0.39 is 19.9 Å². The number of hydrogen-bond acceptors (Lipinski definition) is 0. The normalized spacial score (nSPS) is 11.7. The maximum atomic E-state index is 12.9. The molecule has 0 fully saturated rings. The van der Waals surface area contributed by atoms with Crippen LogP contribution in [0.5, 0.6) is 0 Å². The first-order valence-corrected chi connectivity index (χ1v) is 10.6. The Balaban J connectivity index is 0.00000261. The molecule has 27 heavy (non-hydrogen) atoms. The van der Waals surface area contributed by atoms with Crippen LogP contribution in [-0.4, -0.2) is 12.3 Å². The predicted octanol–water partition coefficient (Wildman–Crippen LogP) is 2.33. The summed E-state index contributed by atoms with van der Waals surface area (Å²) >= 11 is 0. The second-order valence-corrected chi connectivity index (χ2v) is 9.87. The highest BCUT2D eigenvalue weighted by Crippen LogP contribution is 2.56. The summed E-state index contributed by atoms with van der Waals surface area (Å²) in [4.78, 5) is 0. The minimum atomic E-state index is -4.13. The lowest BCUT2D eigenvalue weighted by atomic mass is 10.3. The molecule has 0 heterocycles. The van der Waals surface area contributed by atoms with E-state index >= 15 is 0 Å². The minimum Gasteiger partial charge on any atom is -1.00 e. The van der Waals surface area contributed by atoms with Crippen LogP contribution in [0.3, 0.4) is 0 Å². The Morgan fingerprint density at radius 3 is 1.22 bits per heavy atom. The van der Waals surface area contributed by atoms with E-state index in [1.54, 1.807) is 0 Å². The van der Waals surface area contributed by atoms with Crippen molar-refractivity contribution in [3.8, 4) is 0 Å². The molecule has 0 aromatic heterocycles. The molecule has 3 aromatic rings. The van der Waals surface area contributed by atoms with E-state index in [1.165, 1.54) is 0 Å². The van der Waals surface area contributed by atoms with Crippen molar-refractivity contribution in [1.29, 1.82) is 0 Å². The second-order valence-electron chi connectivity index (χ2n) is 6.26. The maximum absolute atomic E-state index is 12.9. The van der Waals surface area contributed by atoms with Crippen molar-refractivity contribution in [2.45, 2.75) is 19.0 Å². The highest BCUT2D eigenvalue weighted by molar-refractivity contribution is 7.95. The molecule has 3 rings (SSSR count). The molecule has 3 aromatic carbocycles. The lowest BCUT2D eigenvalue weighted by molar-refractivity contribution is -0.134. The van der Waals surface area contributed by atoms with Gasteiger partial charge in [-0.2, -0.15) is 13.2 Å². The lowest BCUT2D eigenvalue weighted by Crippen LogP contribution is -3.00. The van der Waals surface area contributed by atoms with Crippen molar-refractivity contribution < 1.29 is 37.1 Å². The second kappa shape index (κ2) is 9.70. The zero-order valence-electron chi connectivity index (χ0n) is 14.7. The number of rotatable bonds is 6. The van der Waals surface area contributed by atoms with Crippen molar-refractivity contribution in [1.82, 2.24) is 0 Å². The molecule has 5 heteroatoms. The van der Waals surface area contributed by atoms with E-state index in [0.717, 1.165) is 15.9 Å². The van der Waals surface area contributed by atoms with Crippen molar-refractivity contribution in [2.75, 3.05) is 6.16 Å². The van der Waals surface area contributed by atoms with Gasteiger partial charge in [0.25, 0.3) is 0 Å². The molecule has 142 valence electrons. The zero-order chi connectivity index (χ0) is 18.5. The smallest absolute Gasteiger partial charge is 0.389 e. The third kappa shape index (κ3) is 5.32. The van der Waals surface area contributed by atoms with Gasteiger partial charge in [-0.3, -0.25) is 0 Å². The molecule has 0 aliphatic carbocycles. The maximum Gasteiger partial charge on any atom is 0.389 e. The Hall–Kier alpha value is -1.39. The molecule has 0 spiro atoms. The van der Waals surface area contributed by atoms with E-state index in [-0.39, 0.29) is 30.4 Å². The third-order valence-corrected chi connectivity index (χ3v) is 9.07. The monoisotopic (exact) mass is 500 g/mol. The van der Waals surface area contributed by atoms with Crippen LogP contribution in [0.1, 0.15) is 12.8 Å². The van der Waals surface area contributed by atoms with Crippen molar-refractivity contribution in [3.63, 3.8) is 0 Å². The Labute approximate surface area is 176 Å². The molecule has 0 saturated heterocycles. The van der Waals surface area contributed by atoms with Crippen LogP contribution < -0.4 is 39.9 Å². The molecule has 0 nitrogen and oxygen atoms in total. The highest BCUT2D eigenvalue weighted by Gasteiger charge is 2.45. The summed E-state index contributed by atoms with van der Waals surface area (Å²) in [5.74, 6) is 0. The minimum absolute atomic E-state index is 0. The lowest BCUT2D eigenvalue weighted by Gasteiger charge is -2.27. The van der Waals surface area contributed by atoms with Crippen LogP contribution in [0, 0.1) is 0 Å². The number of halogens is 4. The van der Waals surface area contributed by atoms with Crippen molar-refractivity contribution in [2.24, 2.45) is 0 Å². The van der Waals surface area contributed by atoms with Crippen LogP contribution in [0.25, 0.3) is 0 Å². The summed E-state index contributed by atoms with van der Waals surface area (Å²) in [6.07, 6.45) is -4.25. The first-order chi connectivity index (χ1) is 12.5. The Morgan fingerprint density at radius 2 is 0.926 bits per heavy atom.